The van der Waals surface area contributed by atoms with E-state index < -0.39 is 5.60 Å². The molecule has 0 amide bonds. The standard InChI is InChI=1S/C15H24N4O/c1-11(2)19-14-13(8-17-19)6-12(7-16-14)9-18(5)10-15(3,4)20/h6-8,11,20H,9-10H2,1-5H3. The van der Waals surface area contributed by atoms with Crippen molar-refractivity contribution in [1.29, 1.82) is 0 Å². The summed E-state index contributed by atoms with van der Waals surface area (Å²) in [6.45, 7) is 9.21. The summed E-state index contributed by atoms with van der Waals surface area (Å²) >= 11 is 0. The maximum atomic E-state index is 9.83. The van der Waals surface area contributed by atoms with E-state index in [0.29, 0.717) is 12.6 Å². The summed E-state index contributed by atoms with van der Waals surface area (Å²) in [5.41, 5.74) is 1.37. The molecule has 0 fully saturated rings. The maximum Gasteiger partial charge on any atom is 0.157 e. The van der Waals surface area contributed by atoms with E-state index in [1.165, 1.54) is 0 Å². The van der Waals surface area contributed by atoms with Crippen LogP contribution in [-0.2, 0) is 6.54 Å². The second-order valence-electron chi connectivity index (χ2n) is 6.42. The minimum Gasteiger partial charge on any atom is -0.389 e. The Morgan fingerprint density at radius 2 is 2.05 bits per heavy atom. The molecule has 0 spiro atoms. The predicted molar refractivity (Wildman–Crippen MR) is 80.5 cm³/mol. The molecule has 0 saturated heterocycles. The zero-order chi connectivity index (χ0) is 14.9. The van der Waals surface area contributed by atoms with Crippen molar-refractivity contribution in [2.45, 2.75) is 45.9 Å². The van der Waals surface area contributed by atoms with Gasteiger partial charge in [0.05, 0.1) is 11.8 Å². The Labute approximate surface area is 120 Å². The summed E-state index contributed by atoms with van der Waals surface area (Å²) in [6.07, 6.45) is 3.76. The average molecular weight is 276 g/mol. The fraction of sp³-hybridized carbons (Fsp3) is 0.600. The highest BCUT2D eigenvalue weighted by molar-refractivity contribution is 5.75. The van der Waals surface area contributed by atoms with Crippen LogP contribution in [0.15, 0.2) is 18.5 Å². The number of hydrogen-bond donors (Lipinski definition) is 1. The van der Waals surface area contributed by atoms with E-state index in [1.54, 1.807) is 0 Å². The fourth-order valence-corrected chi connectivity index (χ4v) is 2.48. The molecule has 0 saturated carbocycles. The molecule has 5 nitrogen and oxygen atoms in total. The third kappa shape index (κ3) is 3.55. The molecule has 5 heteroatoms. The van der Waals surface area contributed by atoms with Crippen LogP contribution < -0.4 is 0 Å². The number of hydrogen-bond acceptors (Lipinski definition) is 4. The molecule has 0 atom stereocenters. The summed E-state index contributed by atoms with van der Waals surface area (Å²) in [7, 11) is 2.00. The Bertz CT molecular complexity index is 583. The average Bonchev–Trinajstić information content (AvgIpc) is 2.68. The Morgan fingerprint density at radius 1 is 1.35 bits per heavy atom. The molecule has 2 heterocycles. The molecular weight excluding hydrogens is 252 g/mol. The van der Waals surface area contributed by atoms with Crippen molar-refractivity contribution in [3.8, 4) is 0 Å². The zero-order valence-electron chi connectivity index (χ0n) is 13.0. The molecule has 0 aliphatic heterocycles. The van der Waals surface area contributed by atoms with E-state index in [1.807, 2.05) is 38.0 Å². The SMILES string of the molecule is CC(C)n1ncc2cc(CN(C)CC(C)(C)O)cnc21. The lowest BCUT2D eigenvalue weighted by Crippen LogP contribution is -2.35. The van der Waals surface area contributed by atoms with Gasteiger partial charge in [0.2, 0.25) is 0 Å². The molecule has 0 aliphatic carbocycles. The van der Waals surface area contributed by atoms with Crippen LogP contribution in [0.25, 0.3) is 11.0 Å². The highest BCUT2D eigenvalue weighted by Gasteiger charge is 2.16. The van der Waals surface area contributed by atoms with Gasteiger partial charge in [0.1, 0.15) is 0 Å². The predicted octanol–water partition coefficient (Wildman–Crippen LogP) is 2.21. The number of fused-ring (bicyclic) bond motifs is 1. The third-order valence-electron chi connectivity index (χ3n) is 3.09. The number of nitrogens with zero attached hydrogens (tertiary/aromatic N) is 4. The van der Waals surface area contributed by atoms with Crippen molar-refractivity contribution >= 4 is 11.0 Å². The quantitative estimate of drug-likeness (QED) is 0.909. The highest BCUT2D eigenvalue weighted by atomic mass is 16.3. The maximum absolute atomic E-state index is 9.83. The van der Waals surface area contributed by atoms with Gasteiger partial charge in [-0.1, -0.05) is 0 Å². The molecule has 0 aliphatic rings. The van der Waals surface area contributed by atoms with E-state index in [9.17, 15) is 5.11 Å². The second kappa shape index (κ2) is 5.50. The smallest absolute Gasteiger partial charge is 0.157 e. The molecule has 0 unspecified atom stereocenters. The lowest BCUT2D eigenvalue weighted by atomic mass is 10.1. The number of likely N-dealkylation sites (N-methyl/N-ethyl adjacent to an activating group) is 1. The van der Waals surface area contributed by atoms with Crippen molar-refractivity contribution in [1.82, 2.24) is 19.7 Å². The van der Waals surface area contributed by atoms with Crippen LogP contribution in [0.5, 0.6) is 0 Å². The van der Waals surface area contributed by atoms with Crippen molar-refractivity contribution < 1.29 is 5.11 Å². The molecule has 2 aromatic heterocycles. The molecule has 2 aromatic rings. The molecule has 2 rings (SSSR count). The first-order valence-electron chi connectivity index (χ1n) is 6.99. The van der Waals surface area contributed by atoms with Crippen LogP contribution in [-0.4, -0.2) is 44.0 Å². The topological polar surface area (TPSA) is 54.2 Å². The van der Waals surface area contributed by atoms with Gasteiger partial charge in [0.25, 0.3) is 0 Å². The van der Waals surface area contributed by atoms with Gasteiger partial charge in [-0.05, 0) is 46.4 Å². The van der Waals surface area contributed by atoms with Gasteiger partial charge in [0, 0.05) is 30.7 Å². The van der Waals surface area contributed by atoms with E-state index in [4.69, 9.17) is 0 Å². The summed E-state index contributed by atoms with van der Waals surface area (Å²) in [4.78, 5) is 6.62. The number of rotatable bonds is 5. The number of aliphatic hydroxyl groups is 1. The molecule has 110 valence electrons. The van der Waals surface area contributed by atoms with Crippen LogP contribution in [0.3, 0.4) is 0 Å². The summed E-state index contributed by atoms with van der Waals surface area (Å²) in [5.74, 6) is 0. The normalized spacial score (nSPS) is 12.8. The van der Waals surface area contributed by atoms with Crippen LogP contribution in [0, 0.1) is 0 Å². The minimum absolute atomic E-state index is 0.309. The van der Waals surface area contributed by atoms with E-state index in [-0.39, 0.29) is 0 Å². The van der Waals surface area contributed by atoms with E-state index >= 15 is 0 Å². The van der Waals surface area contributed by atoms with Gasteiger partial charge in [-0.2, -0.15) is 5.10 Å². The monoisotopic (exact) mass is 276 g/mol. The van der Waals surface area contributed by atoms with Crippen LogP contribution in [0.4, 0.5) is 0 Å². The molecule has 20 heavy (non-hydrogen) atoms. The Hall–Kier alpha value is -1.46. The summed E-state index contributed by atoms with van der Waals surface area (Å²) in [6, 6.07) is 2.43. The second-order valence-corrected chi connectivity index (χ2v) is 6.42. The summed E-state index contributed by atoms with van der Waals surface area (Å²) < 4.78 is 1.93. The molecule has 0 aromatic carbocycles. The van der Waals surface area contributed by atoms with Crippen LogP contribution in [0.1, 0.15) is 39.3 Å². The van der Waals surface area contributed by atoms with Crippen LogP contribution in [0.2, 0.25) is 0 Å². The lowest BCUT2D eigenvalue weighted by molar-refractivity contribution is 0.0425. The first-order valence-corrected chi connectivity index (χ1v) is 6.99. The summed E-state index contributed by atoms with van der Waals surface area (Å²) in [5, 5.41) is 15.3. The lowest BCUT2D eigenvalue weighted by Gasteiger charge is -2.25. The number of aromatic nitrogens is 3. The number of pyridine rings is 1. The van der Waals surface area contributed by atoms with E-state index in [2.05, 4.69) is 34.9 Å². The van der Waals surface area contributed by atoms with Crippen molar-refractivity contribution in [2.24, 2.45) is 0 Å². The Kier molecular flexibility index (Phi) is 4.11. The van der Waals surface area contributed by atoms with Crippen molar-refractivity contribution in [3.63, 3.8) is 0 Å². The van der Waals surface area contributed by atoms with Gasteiger partial charge >= 0.3 is 0 Å². The first kappa shape index (κ1) is 14.9. The van der Waals surface area contributed by atoms with Gasteiger partial charge < -0.3 is 5.11 Å². The Balaban J connectivity index is 2.16. The van der Waals surface area contributed by atoms with Gasteiger partial charge in [0.15, 0.2) is 5.65 Å². The highest BCUT2D eigenvalue weighted by Crippen LogP contribution is 2.17. The fourth-order valence-electron chi connectivity index (χ4n) is 2.48. The van der Waals surface area contributed by atoms with E-state index in [0.717, 1.165) is 23.1 Å². The van der Waals surface area contributed by atoms with Gasteiger partial charge in [-0.15, -0.1) is 0 Å². The van der Waals surface area contributed by atoms with Crippen molar-refractivity contribution in [3.05, 3.63) is 24.0 Å². The molecule has 1 N–H and O–H groups in total. The van der Waals surface area contributed by atoms with Crippen molar-refractivity contribution in [2.75, 3.05) is 13.6 Å². The van der Waals surface area contributed by atoms with Crippen LogP contribution >= 0.6 is 0 Å². The Morgan fingerprint density at radius 3 is 2.65 bits per heavy atom. The largest absolute Gasteiger partial charge is 0.389 e. The van der Waals surface area contributed by atoms with Gasteiger partial charge in [-0.3, -0.25) is 4.90 Å². The molecule has 0 radical (unpaired) electrons. The molecular formula is C15H24N4O. The molecule has 0 bridgehead atoms. The zero-order valence-corrected chi connectivity index (χ0v) is 13.0. The van der Waals surface area contributed by atoms with Gasteiger partial charge in [-0.25, -0.2) is 9.67 Å². The third-order valence-corrected chi connectivity index (χ3v) is 3.09. The minimum atomic E-state index is -0.686. The first-order chi connectivity index (χ1) is 9.26.